The van der Waals surface area contributed by atoms with E-state index >= 15 is 0 Å². The first-order valence-electron chi connectivity index (χ1n) is 5.86. The highest BCUT2D eigenvalue weighted by Crippen LogP contribution is 2.31. The quantitative estimate of drug-likeness (QED) is 0.864. The van der Waals surface area contributed by atoms with Gasteiger partial charge in [-0.25, -0.2) is 18.6 Å². The number of nitrogens with zero attached hydrogens (tertiary/aromatic N) is 1. The first-order valence-corrected chi connectivity index (χ1v) is 6.24. The van der Waals surface area contributed by atoms with Crippen LogP contribution in [0.25, 0.3) is 11.3 Å². The van der Waals surface area contributed by atoms with Crippen molar-refractivity contribution in [1.82, 2.24) is 4.98 Å². The standard InChI is InChI=1S/C14H11ClF2N2O2/c1-6-7(3-4-8(16)12(6)17)10-5-9(18)11(15)13(19-10)14(20)21-2/h3-5H,1-2H3,(H2,18,19). The molecule has 2 N–H and O–H groups in total. The Morgan fingerprint density at radius 3 is 2.67 bits per heavy atom. The smallest absolute Gasteiger partial charge is 0.358 e. The number of carbonyl (C=O) groups is 1. The molecule has 4 nitrogen and oxygen atoms in total. The van der Waals surface area contributed by atoms with Gasteiger partial charge in [-0.1, -0.05) is 11.6 Å². The molecule has 0 radical (unpaired) electrons. The summed E-state index contributed by atoms with van der Waals surface area (Å²) < 4.78 is 31.4. The third-order valence-corrected chi connectivity index (χ3v) is 3.38. The number of pyridine rings is 1. The molecule has 0 aliphatic heterocycles. The van der Waals surface area contributed by atoms with Crippen LogP contribution in [0, 0.1) is 18.6 Å². The summed E-state index contributed by atoms with van der Waals surface area (Å²) in [5.74, 6) is -2.72. The highest BCUT2D eigenvalue weighted by molar-refractivity contribution is 6.35. The van der Waals surface area contributed by atoms with Crippen molar-refractivity contribution in [3.8, 4) is 11.3 Å². The number of hydrogen-bond donors (Lipinski definition) is 1. The van der Waals surface area contributed by atoms with Gasteiger partial charge in [-0.3, -0.25) is 0 Å². The molecule has 0 saturated carbocycles. The number of methoxy groups -OCH3 is 1. The lowest BCUT2D eigenvalue weighted by molar-refractivity contribution is 0.0594. The monoisotopic (exact) mass is 312 g/mol. The third kappa shape index (κ3) is 2.67. The molecule has 2 aromatic rings. The SMILES string of the molecule is COC(=O)c1nc(-c2ccc(F)c(F)c2C)cc(N)c1Cl. The van der Waals surface area contributed by atoms with Crippen molar-refractivity contribution in [2.24, 2.45) is 0 Å². The Hall–Kier alpha value is -2.21. The fraction of sp³-hybridized carbons (Fsp3) is 0.143. The second-order valence-electron chi connectivity index (χ2n) is 4.28. The van der Waals surface area contributed by atoms with Crippen LogP contribution < -0.4 is 5.73 Å². The summed E-state index contributed by atoms with van der Waals surface area (Å²) in [6.07, 6.45) is 0. The third-order valence-electron chi connectivity index (χ3n) is 2.98. The van der Waals surface area contributed by atoms with E-state index in [-0.39, 0.29) is 27.7 Å². The van der Waals surface area contributed by atoms with Gasteiger partial charge in [-0.05, 0) is 30.7 Å². The number of ether oxygens (including phenoxy) is 1. The van der Waals surface area contributed by atoms with Crippen LogP contribution in [0.15, 0.2) is 18.2 Å². The predicted octanol–water partition coefficient (Wildman–Crippen LogP) is 3.36. The predicted molar refractivity (Wildman–Crippen MR) is 75.1 cm³/mol. The zero-order chi connectivity index (χ0) is 15.7. The van der Waals surface area contributed by atoms with E-state index in [1.165, 1.54) is 26.2 Å². The van der Waals surface area contributed by atoms with Crippen LogP contribution >= 0.6 is 11.6 Å². The van der Waals surface area contributed by atoms with Crippen LogP contribution in [-0.4, -0.2) is 18.1 Å². The van der Waals surface area contributed by atoms with Crippen LogP contribution in [0.4, 0.5) is 14.5 Å². The van der Waals surface area contributed by atoms with Crippen molar-refractivity contribution in [2.45, 2.75) is 6.92 Å². The van der Waals surface area contributed by atoms with Crippen LogP contribution in [0.5, 0.6) is 0 Å². The van der Waals surface area contributed by atoms with E-state index in [2.05, 4.69) is 9.72 Å². The second kappa shape index (κ2) is 5.65. The van der Waals surface area contributed by atoms with Gasteiger partial charge < -0.3 is 10.5 Å². The number of carbonyl (C=O) groups excluding carboxylic acids is 1. The topological polar surface area (TPSA) is 65.2 Å². The van der Waals surface area contributed by atoms with Gasteiger partial charge in [0.15, 0.2) is 17.3 Å². The van der Waals surface area contributed by atoms with Crippen molar-refractivity contribution < 1.29 is 18.3 Å². The molecular weight excluding hydrogens is 302 g/mol. The van der Waals surface area contributed by atoms with Crippen molar-refractivity contribution in [2.75, 3.05) is 12.8 Å². The average Bonchev–Trinajstić information content (AvgIpc) is 2.47. The lowest BCUT2D eigenvalue weighted by atomic mass is 10.0. The largest absolute Gasteiger partial charge is 0.464 e. The fourth-order valence-corrected chi connectivity index (χ4v) is 2.02. The molecule has 1 aromatic heterocycles. The number of nitrogens with two attached hydrogens (primary N) is 1. The van der Waals surface area contributed by atoms with E-state index < -0.39 is 17.6 Å². The van der Waals surface area contributed by atoms with Gasteiger partial charge in [0.2, 0.25) is 0 Å². The van der Waals surface area contributed by atoms with E-state index in [0.717, 1.165) is 6.07 Å². The van der Waals surface area contributed by atoms with Crippen molar-refractivity contribution in [3.05, 3.63) is 46.1 Å². The van der Waals surface area contributed by atoms with Gasteiger partial charge in [0.25, 0.3) is 0 Å². The average molecular weight is 313 g/mol. The van der Waals surface area contributed by atoms with Crippen molar-refractivity contribution in [1.29, 1.82) is 0 Å². The number of benzene rings is 1. The molecule has 0 bridgehead atoms. The Bertz CT molecular complexity index is 735. The molecule has 1 heterocycles. The van der Waals surface area contributed by atoms with E-state index in [0.29, 0.717) is 5.56 Å². The highest BCUT2D eigenvalue weighted by Gasteiger charge is 2.19. The molecule has 7 heteroatoms. The Kier molecular flexibility index (Phi) is 4.09. The molecule has 0 saturated heterocycles. The zero-order valence-corrected chi connectivity index (χ0v) is 12.0. The normalized spacial score (nSPS) is 10.5. The summed E-state index contributed by atoms with van der Waals surface area (Å²) >= 11 is 5.90. The fourth-order valence-electron chi connectivity index (χ4n) is 1.85. The number of hydrogen-bond acceptors (Lipinski definition) is 4. The summed E-state index contributed by atoms with van der Waals surface area (Å²) in [6.45, 7) is 1.40. The summed E-state index contributed by atoms with van der Waals surface area (Å²) in [5, 5.41) is -0.0502. The summed E-state index contributed by atoms with van der Waals surface area (Å²) in [7, 11) is 1.17. The molecule has 0 atom stereocenters. The first kappa shape index (κ1) is 15.2. The zero-order valence-electron chi connectivity index (χ0n) is 11.2. The lowest BCUT2D eigenvalue weighted by Gasteiger charge is -2.11. The Morgan fingerprint density at radius 2 is 2.05 bits per heavy atom. The summed E-state index contributed by atoms with van der Waals surface area (Å²) in [5.41, 5.74) is 6.19. The van der Waals surface area contributed by atoms with Gasteiger partial charge in [0.1, 0.15) is 0 Å². The molecule has 0 amide bonds. The highest BCUT2D eigenvalue weighted by atomic mass is 35.5. The molecule has 1 aromatic carbocycles. The van der Waals surface area contributed by atoms with Crippen molar-refractivity contribution in [3.63, 3.8) is 0 Å². The summed E-state index contributed by atoms with van der Waals surface area (Å²) in [6, 6.07) is 3.71. The molecule has 21 heavy (non-hydrogen) atoms. The van der Waals surface area contributed by atoms with E-state index in [1.54, 1.807) is 0 Å². The molecule has 0 spiro atoms. The number of aromatic nitrogens is 1. The van der Waals surface area contributed by atoms with Crippen molar-refractivity contribution >= 4 is 23.3 Å². The molecule has 0 aliphatic rings. The van der Waals surface area contributed by atoms with Gasteiger partial charge in [-0.15, -0.1) is 0 Å². The van der Waals surface area contributed by atoms with Gasteiger partial charge >= 0.3 is 5.97 Å². The minimum Gasteiger partial charge on any atom is -0.464 e. The van der Waals surface area contributed by atoms with E-state index in [9.17, 15) is 13.6 Å². The van der Waals surface area contributed by atoms with Gasteiger partial charge in [-0.2, -0.15) is 0 Å². The van der Waals surface area contributed by atoms with Crippen LogP contribution in [-0.2, 0) is 4.74 Å². The maximum Gasteiger partial charge on any atom is 0.358 e. The Morgan fingerprint density at radius 1 is 1.38 bits per heavy atom. The van der Waals surface area contributed by atoms with Crippen LogP contribution in [0.2, 0.25) is 5.02 Å². The number of halogens is 3. The molecule has 0 unspecified atom stereocenters. The number of esters is 1. The van der Waals surface area contributed by atoms with E-state index in [1.807, 2.05) is 0 Å². The molecule has 0 aliphatic carbocycles. The van der Waals surface area contributed by atoms with Gasteiger partial charge in [0, 0.05) is 5.56 Å². The molecular formula is C14H11ClF2N2O2. The van der Waals surface area contributed by atoms with Crippen LogP contribution in [0.3, 0.4) is 0 Å². The summed E-state index contributed by atoms with van der Waals surface area (Å²) in [4.78, 5) is 15.6. The number of rotatable bonds is 2. The number of nitrogen functional groups attached to an aromatic ring is 1. The minimum atomic E-state index is -0.984. The Balaban J connectivity index is 2.68. The number of anilines is 1. The minimum absolute atomic E-state index is 0.0502. The van der Waals surface area contributed by atoms with E-state index in [4.69, 9.17) is 17.3 Å². The lowest BCUT2D eigenvalue weighted by Crippen LogP contribution is -2.08. The molecule has 0 fully saturated rings. The maximum atomic E-state index is 13.6. The molecule has 2 rings (SSSR count). The maximum absolute atomic E-state index is 13.6. The second-order valence-corrected chi connectivity index (χ2v) is 4.66. The first-order chi connectivity index (χ1) is 9.86. The van der Waals surface area contributed by atoms with Gasteiger partial charge in [0.05, 0.1) is 23.5 Å². The Labute approximate surface area is 124 Å². The van der Waals surface area contributed by atoms with Crippen LogP contribution in [0.1, 0.15) is 16.1 Å². The molecule has 110 valence electrons.